The highest BCUT2D eigenvalue weighted by molar-refractivity contribution is 5.94. The molecule has 5 heteroatoms. The van der Waals surface area contributed by atoms with Crippen LogP contribution in [-0.4, -0.2) is 40.8 Å². The topological polar surface area (TPSA) is 65.2 Å². The van der Waals surface area contributed by atoms with E-state index in [4.69, 9.17) is 0 Å². The van der Waals surface area contributed by atoms with Gasteiger partial charge in [-0.3, -0.25) is 9.59 Å². The van der Waals surface area contributed by atoms with E-state index in [0.29, 0.717) is 18.7 Å². The van der Waals surface area contributed by atoms with Crippen molar-refractivity contribution in [1.29, 1.82) is 0 Å². The summed E-state index contributed by atoms with van der Waals surface area (Å²) in [5.41, 5.74) is 1.66. The molecule has 2 heterocycles. The van der Waals surface area contributed by atoms with Gasteiger partial charge in [-0.05, 0) is 19.4 Å². The highest BCUT2D eigenvalue weighted by Gasteiger charge is 2.27. The summed E-state index contributed by atoms with van der Waals surface area (Å²) in [5.74, 6) is -0.0102. The summed E-state index contributed by atoms with van der Waals surface area (Å²) in [6, 6.07) is 1.94. The Hall–Kier alpha value is -1.78. The summed E-state index contributed by atoms with van der Waals surface area (Å²) in [7, 11) is 0. The van der Waals surface area contributed by atoms with Gasteiger partial charge in [0.15, 0.2) is 0 Å². The van der Waals surface area contributed by atoms with Crippen molar-refractivity contribution in [1.82, 2.24) is 15.2 Å². The van der Waals surface area contributed by atoms with Gasteiger partial charge in [-0.1, -0.05) is 0 Å². The van der Waals surface area contributed by atoms with Crippen molar-refractivity contribution >= 4 is 11.8 Å². The summed E-state index contributed by atoms with van der Waals surface area (Å²) in [6.45, 7) is 4.72. The summed E-state index contributed by atoms with van der Waals surface area (Å²) >= 11 is 0. The maximum absolute atomic E-state index is 12.1. The van der Waals surface area contributed by atoms with Crippen LogP contribution in [0.2, 0.25) is 0 Å². The van der Waals surface area contributed by atoms with Gasteiger partial charge in [-0.2, -0.15) is 0 Å². The van der Waals surface area contributed by atoms with E-state index in [0.717, 1.165) is 12.1 Å². The number of amides is 2. The van der Waals surface area contributed by atoms with E-state index >= 15 is 0 Å². The number of aromatic nitrogens is 1. The zero-order chi connectivity index (χ0) is 12.4. The summed E-state index contributed by atoms with van der Waals surface area (Å²) in [6.07, 6.45) is 2.55. The molecule has 2 rings (SSSR count). The van der Waals surface area contributed by atoms with Crippen LogP contribution in [0.3, 0.4) is 0 Å². The second kappa shape index (κ2) is 4.61. The zero-order valence-corrected chi connectivity index (χ0v) is 10.1. The fourth-order valence-corrected chi connectivity index (χ4v) is 2.16. The lowest BCUT2D eigenvalue weighted by molar-refractivity contribution is -0.119. The van der Waals surface area contributed by atoms with Crippen molar-refractivity contribution in [3.8, 4) is 0 Å². The molecule has 1 atom stereocenters. The first-order chi connectivity index (χ1) is 8.06. The molecule has 1 aromatic heterocycles. The molecule has 5 nitrogen and oxygen atoms in total. The number of H-pyrrole nitrogens is 1. The minimum absolute atomic E-state index is 0.0298. The summed E-state index contributed by atoms with van der Waals surface area (Å²) in [4.78, 5) is 27.8. The fraction of sp³-hybridized carbons (Fsp3) is 0.500. The van der Waals surface area contributed by atoms with Crippen molar-refractivity contribution in [3.05, 3.63) is 23.5 Å². The molecule has 2 amide bonds. The predicted octanol–water partition coefficient (Wildman–Crippen LogP) is 0.674. The molecule has 92 valence electrons. The molecule has 0 radical (unpaired) electrons. The molecule has 1 aromatic rings. The van der Waals surface area contributed by atoms with Crippen LogP contribution < -0.4 is 5.32 Å². The fourth-order valence-electron chi connectivity index (χ4n) is 2.16. The third kappa shape index (κ3) is 2.67. The molecule has 1 aliphatic heterocycles. The summed E-state index contributed by atoms with van der Waals surface area (Å²) < 4.78 is 0. The van der Waals surface area contributed by atoms with Crippen LogP contribution in [0.4, 0.5) is 0 Å². The SMILES string of the molecule is CC(=O)NC1CCN(C(=O)c2c[nH]c(C)c2)C1. The monoisotopic (exact) mass is 235 g/mol. The Balaban J connectivity index is 1.96. The van der Waals surface area contributed by atoms with Gasteiger partial charge >= 0.3 is 0 Å². The third-order valence-corrected chi connectivity index (χ3v) is 2.96. The van der Waals surface area contributed by atoms with E-state index in [2.05, 4.69) is 10.3 Å². The van der Waals surface area contributed by atoms with Gasteiger partial charge in [0.2, 0.25) is 5.91 Å². The van der Waals surface area contributed by atoms with Crippen molar-refractivity contribution in [2.45, 2.75) is 26.3 Å². The van der Waals surface area contributed by atoms with Crippen LogP contribution in [0, 0.1) is 6.92 Å². The second-order valence-corrected chi connectivity index (χ2v) is 4.51. The maximum Gasteiger partial charge on any atom is 0.255 e. The van der Waals surface area contributed by atoms with E-state index in [1.807, 2.05) is 13.0 Å². The smallest absolute Gasteiger partial charge is 0.255 e. The molecular formula is C12H17N3O2. The normalized spacial score (nSPS) is 19.4. The maximum atomic E-state index is 12.1. The number of carbonyl (C=O) groups excluding carboxylic acids is 2. The Morgan fingerprint density at radius 2 is 2.29 bits per heavy atom. The number of aromatic amines is 1. The number of rotatable bonds is 2. The lowest BCUT2D eigenvalue weighted by Gasteiger charge is -2.15. The Bertz CT molecular complexity index is 439. The molecule has 0 aromatic carbocycles. The number of hydrogen-bond acceptors (Lipinski definition) is 2. The Labute approximate surface area is 100 Å². The number of likely N-dealkylation sites (tertiary alicyclic amines) is 1. The molecule has 0 saturated carbocycles. The lowest BCUT2D eigenvalue weighted by atomic mass is 10.2. The minimum Gasteiger partial charge on any atom is -0.364 e. The van der Waals surface area contributed by atoms with E-state index in [1.54, 1.807) is 11.1 Å². The highest BCUT2D eigenvalue weighted by atomic mass is 16.2. The molecule has 1 fully saturated rings. The first kappa shape index (κ1) is 11.7. The number of nitrogens with zero attached hydrogens (tertiary/aromatic N) is 1. The molecule has 0 spiro atoms. The van der Waals surface area contributed by atoms with Crippen molar-refractivity contribution in [2.75, 3.05) is 13.1 Å². The first-order valence-corrected chi connectivity index (χ1v) is 5.77. The van der Waals surface area contributed by atoms with Crippen LogP contribution in [-0.2, 0) is 4.79 Å². The molecule has 1 unspecified atom stereocenters. The van der Waals surface area contributed by atoms with Crippen LogP contribution >= 0.6 is 0 Å². The second-order valence-electron chi connectivity index (χ2n) is 4.51. The highest BCUT2D eigenvalue weighted by Crippen LogP contribution is 2.14. The molecule has 1 aliphatic rings. The largest absolute Gasteiger partial charge is 0.364 e. The average Bonchev–Trinajstić information content (AvgIpc) is 2.85. The van der Waals surface area contributed by atoms with Crippen LogP contribution in [0.15, 0.2) is 12.3 Å². The van der Waals surface area contributed by atoms with Crippen LogP contribution in [0.5, 0.6) is 0 Å². The number of hydrogen-bond donors (Lipinski definition) is 2. The quantitative estimate of drug-likeness (QED) is 0.791. The average molecular weight is 235 g/mol. The van der Waals surface area contributed by atoms with Crippen molar-refractivity contribution in [3.63, 3.8) is 0 Å². The van der Waals surface area contributed by atoms with Crippen LogP contribution in [0.1, 0.15) is 29.4 Å². The number of nitrogens with one attached hydrogen (secondary N) is 2. The van der Waals surface area contributed by atoms with E-state index < -0.39 is 0 Å². The van der Waals surface area contributed by atoms with Gasteiger partial charge in [0.25, 0.3) is 5.91 Å². The van der Waals surface area contributed by atoms with E-state index in [1.165, 1.54) is 6.92 Å². The van der Waals surface area contributed by atoms with Gasteiger partial charge in [0, 0.05) is 37.9 Å². The Morgan fingerprint density at radius 1 is 1.53 bits per heavy atom. The summed E-state index contributed by atoms with van der Waals surface area (Å²) in [5, 5.41) is 2.84. The van der Waals surface area contributed by atoms with Gasteiger partial charge in [0.05, 0.1) is 5.56 Å². The molecular weight excluding hydrogens is 218 g/mol. The Kier molecular flexibility index (Phi) is 3.17. The van der Waals surface area contributed by atoms with E-state index in [9.17, 15) is 9.59 Å². The Morgan fingerprint density at radius 3 is 2.88 bits per heavy atom. The zero-order valence-electron chi connectivity index (χ0n) is 10.1. The third-order valence-electron chi connectivity index (χ3n) is 2.96. The van der Waals surface area contributed by atoms with Gasteiger partial charge in [0.1, 0.15) is 0 Å². The van der Waals surface area contributed by atoms with Gasteiger partial charge < -0.3 is 15.2 Å². The number of carbonyl (C=O) groups is 2. The molecule has 0 bridgehead atoms. The van der Waals surface area contributed by atoms with Crippen LogP contribution in [0.25, 0.3) is 0 Å². The molecule has 0 aliphatic carbocycles. The van der Waals surface area contributed by atoms with Gasteiger partial charge in [-0.15, -0.1) is 0 Å². The van der Waals surface area contributed by atoms with Crippen molar-refractivity contribution < 1.29 is 9.59 Å². The molecule has 1 saturated heterocycles. The lowest BCUT2D eigenvalue weighted by Crippen LogP contribution is -2.37. The molecule has 2 N–H and O–H groups in total. The number of aryl methyl sites for hydroxylation is 1. The first-order valence-electron chi connectivity index (χ1n) is 5.77. The predicted molar refractivity (Wildman–Crippen MR) is 63.7 cm³/mol. The van der Waals surface area contributed by atoms with E-state index in [-0.39, 0.29) is 17.9 Å². The van der Waals surface area contributed by atoms with Gasteiger partial charge in [-0.25, -0.2) is 0 Å². The van der Waals surface area contributed by atoms with Crippen molar-refractivity contribution in [2.24, 2.45) is 0 Å². The molecule has 17 heavy (non-hydrogen) atoms. The minimum atomic E-state index is -0.0400. The standard InChI is InChI=1S/C12H17N3O2/c1-8-5-10(6-13-8)12(17)15-4-3-11(7-15)14-9(2)16/h5-6,11,13H,3-4,7H2,1-2H3,(H,14,16).